The molecular formula is C26H35N5O2. The minimum absolute atomic E-state index is 0.00398. The van der Waals surface area contributed by atoms with Gasteiger partial charge in [0.25, 0.3) is 0 Å². The van der Waals surface area contributed by atoms with E-state index in [0.29, 0.717) is 5.92 Å². The van der Waals surface area contributed by atoms with Crippen LogP contribution in [0.1, 0.15) is 36.9 Å². The number of carbonyl (C=O) groups is 2. The smallest absolute Gasteiger partial charge is 0.239 e. The van der Waals surface area contributed by atoms with Crippen LogP contribution in [0.2, 0.25) is 0 Å². The molecule has 1 unspecified atom stereocenters. The summed E-state index contributed by atoms with van der Waals surface area (Å²) < 4.78 is 0. The van der Waals surface area contributed by atoms with Gasteiger partial charge in [0, 0.05) is 38.1 Å². The zero-order valence-electron chi connectivity index (χ0n) is 20.1. The molecule has 0 radical (unpaired) electrons. The second kappa shape index (κ2) is 9.91. The van der Waals surface area contributed by atoms with Crippen LogP contribution < -0.4 is 10.2 Å². The van der Waals surface area contributed by atoms with E-state index in [0.717, 1.165) is 56.1 Å². The van der Waals surface area contributed by atoms with E-state index in [1.807, 2.05) is 55.9 Å². The number of rotatable bonds is 6. The first-order valence-corrected chi connectivity index (χ1v) is 11.9. The van der Waals surface area contributed by atoms with Crippen LogP contribution in [0.5, 0.6) is 0 Å². The molecule has 4 rings (SSSR count). The van der Waals surface area contributed by atoms with Crippen molar-refractivity contribution in [3.63, 3.8) is 0 Å². The minimum atomic E-state index is -0.0828. The maximum absolute atomic E-state index is 12.7. The summed E-state index contributed by atoms with van der Waals surface area (Å²) in [6.45, 7) is 7.00. The van der Waals surface area contributed by atoms with Crippen LogP contribution in [-0.4, -0.2) is 72.9 Å². The van der Waals surface area contributed by atoms with Gasteiger partial charge < -0.3 is 15.1 Å². The van der Waals surface area contributed by atoms with Crippen LogP contribution in [0.25, 0.3) is 0 Å². The number of anilines is 2. The van der Waals surface area contributed by atoms with E-state index in [9.17, 15) is 9.59 Å². The first-order chi connectivity index (χ1) is 15.8. The number of hydrogen-bond donors (Lipinski definition) is 1. The van der Waals surface area contributed by atoms with E-state index in [-0.39, 0.29) is 23.8 Å². The minimum Gasteiger partial charge on any atom is -0.368 e. The predicted molar refractivity (Wildman–Crippen MR) is 131 cm³/mol. The van der Waals surface area contributed by atoms with E-state index in [2.05, 4.69) is 33.4 Å². The molecule has 2 aromatic rings. The van der Waals surface area contributed by atoms with Gasteiger partial charge in [-0.2, -0.15) is 0 Å². The molecule has 0 aliphatic carbocycles. The first-order valence-electron chi connectivity index (χ1n) is 11.9. The molecule has 1 N–H and O–H groups in total. The van der Waals surface area contributed by atoms with Crippen molar-refractivity contribution in [1.29, 1.82) is 0 Å². The highest BCUT2D eigenvalue weighted by Crippen LogP contribution is 2.30. The molecule has 33 heavy (non-hydrogen) atoms. The Morgan fingerprint density at radius 1 is 1.09 bits per heavy atom. The predicted octanol–water partition coefficient (Wildman–Crippen LogP) is 3.12. The Morgan fingerprint density at radius 3 is 2.36 bits per heavy atom. The highest BCUT2D eigenvalue weighted by molar-refractivity contribution is 5.94. The lowest BCUT2D eigenvalue weighted by Crippen LogP contribution is -2.52. The summed E-state index contributed by atoms with van der Waals surface area (Å²) in [5, 5.41) is 3.07. The number of likely N-dealkylation sites (tertiary alicyclic amines) is 1. The molecule has 2 aliphatic rings. The third-order valence-corrected chi connectivity index (χ3v) is 7.16. The lowest BCUT2D eigenvalue weighted by molar-refractivity contribution is -0.136. The topological polar surface area (TPSA) is 68.8 Å². The fraction of sp³-hybridized carbons (Fsp3) is 0.500. The molecule has 2 fully saturated rings. The van der Waals surface area contributed by atoms with Gasteiger partial charge in [-0.05, 0) is 76.5 Å². The van der Waals surface area contributed by atoms with Gasteiger partial charge in [0.05, 0.1) is 23.3 Å². The van der Waals surface area contributed by atoms with Crippen LogP contribution >= 0.6 is 0 Å². The highest BCUT2D eigenvalue weighted by atomic mass is 16.2. The number of carbonyl (C=O) groups excluding carboxylic acids is 2. The zero-order valence-corrected chi connectivity index (χ0v) is 20.1. The van der Waals surface area contributed by atoms with E-state index < -0.39 is 0 Å². The monoisotopic (exact) mass is 449 g/mol. The van der Waals surface area contributed by atoms with Gasteiger partial charge in [-0.25, -0.2) is 0 Å². The van der Waals surface area contributed by atoms with E-state index in [1.54, 1.807) is 6.20 Å². The van der Waals surface area contributed by atoms with Gasteiger partial charge in [0.15, 0.2) is 0 Å². The lowest BCUT2D eigenvalue weighted by atomic mass is 9.89. The number of piperidine rings is 1. The van der Waals surface area contributed by atoms with Crippen LogP contribution in [-0.2, 0) is 9.59 Å². The second-order valence-electron chi connectivity index (χ2n) is 9.56. The fourth-order valence-electron chi connectivity index (χ4n) is 4.65. The number of nitrogens with one attached hydrogen (secondary N) is 1. The molecule has 1 aromatic carbocycles. The molecule has 3 heterocycles. The van der Waals surface area contributed by atoms with Gasteiger partial charge in [-0.15, -0.1) is 0 Å². The summed E-state index contributed by atoms with van der Waals surface area (Å²) in [6.07, 6.45) is 3.74. The molecule has 7 nitrogen and oxygen atoms in total. The van der Waals surface area contributed by atoms with E-state index in [4.69, 9.17) is 0 Å². The zero-order chi connectivity index (χ0) is 23.5. The summed E-state index contributed by atoms with van der Waals surface area (Å²) in [5.41, 5.74) is 4.22. The molecule has 7 heteroatoms. The molecule has 176 valence electrons. The van der Waals surface area contributed by atoms with Crippen LogP contribution in [0.3, 0.4) is 0 Å². The summed E-state index contributed by atoms with van der Waals surface area (Å²) in [7, 11) is 3.89. The molecule has 0 spiro atoms. The Hall–Kier alpha value is -2.93. The molecule has 2 aliphatic heterocycles. The van der Waals surface area contributed by atoms with Crippen molar-refractivity contribution >= 4 is 23.2 Å². The van der Waals surface area contributed by atoms with Crippen molar-refractivity contribution in [2.24, 2.45) is 5.92 Å². The maximum atomic E-state index is 12.7. The fourth-order valence-corrected chi connectivity index (χ4v) is 4.65. The Balaban J connectivity index is 1.25. The largest absolute Gasteiger partial charge is 0.368 e. The van der Waals surface area contributed by atoms with Crippen LogP contribution in [0.15, 0.2) is 42.6 Å². The van der Waals surface area contributed by atoms with Gasteiger partial charge in [0.2, 0.25) is 11.8 Å². The number of aryl methyl sites for hydroxylation is 1. The third kappa shape index (κ3) is 5.19. The Morgan fingerprint density at radius 2 is 1.76 bits per heavy atom. The number of nitrogens with zero attached hydrogens (tertiary/aromatic N) is 4. The number of hydrogen-bond acceptors (Lipinski definition) is 5. The molecule has 2 saturated heterocycles. The molecule has 1 aromatic heterocycles. The van der Waals surface area contributed by atoms with E-state index >= 15 is 0 Å². The quantitative estimate of drug-likeness (QED) is 0.734. The van der Waals surface area contributed by atoms with Gasteiger partial charge >= 0.3 is 0 Å². The van der Waals surface area contributed by atoms with Crippen LogP contribution in [0, 0.1) is 12.8 Å². The van der Waals surface area contributed by atoms with Crippen molar-refractivity contribution < 1.29 is 9.59 Å². The first kappa shape index (κ1) is 23.2. The molecular weight excluding hydrogens is 414 g/mol. The van der Waals surface area contributed by atoms with Crippen molar-refractivity contribution in [2.75, 3.05) is 50.5 Å². The van der Waals surface area contributed by atoms with Gasteiger partial charge in [-0.3, -0.25) is 19.5 Å². The van der Waals surface area contributed by atoms with Crippen molar-refractivity contribution in [2.45, 2.75) is 38.6 Å². The Bertz CT molecular complexity index is 976. The number of pyridine rings is 1. The molecule has 1 atom stereocenters. The van der Waals surface area contributed by atoms with E-state index in [1.165, 1.54) is 5.56 Å². The van der Waals surface area contributed by atoms with Crippen LogP contribution in [0.4, 0.5) is 11.4 Å². The van der Waals surface area contributed by atoms with Crippen molar-refractivity contribution in [3.05, 3.63) is 53.9 Å². The maximum Gasteiger partial charge on any atom is 0.239 e. The number of amides is 2. The average Bonchev–Trinajstić information content (AvgIpc) is 2.79. The lowest BCUT2D eigenvalue weighted by Gasteiger charge is -2.40. The standard InChI is InChI=1S/C26H35N5O2/c1-18-24(6-5-13-27-18)31-16-22(17-31)25(32)28-23-9-7-20(8-10-23)21-11-14-30(15-12-21)26(33)19(2)29(3)4/h5-10,13,19,21-22H,11-12,14-17H2,1-4H3,(H,28,32). The molecule has 0 saturated carbocycles. The molecule has 0 bridgehead atoms. The number of aromatic nitrogens is 1. The van der Waals surface area contributed by atoms with Gasteiger partial charge in [0.1, 0.15) is 0 Å². The number of benzene rings is 1. The molecule has 2 amide bonds. The second-order valence-corrected chi connectivity index (χ2v) is 9.56. The van der Waals surface area contributed by atoms with Crippen molar-refractivity contribution in [1.82, 2.24) is 14.8 Å². The SMILES string of the molecule is Cc1ncccc1N1CC(C(=O)Nc2ccc(C3CCN(C(=O)C(C)N(C)C)CC3)cc2)C1. The normalized spacial score (nSPS) is 18.2. The van der Waals surface area contributed by atoms with Gasteiger partial charge in [-0.1, -0.05) is 12.1 Å². The Kier molecular flexibility index (Phi) is 6.98. The summed E-state index contributed by atoms with van der Waals surface area (Å²) in [5.74, 6) is 0.735. The summed E-state index contributed by atoms with van der Waals surface area (Å²) in [4.78, 5) is 35.7. The highest BCUT2D eigenvalue weighted by Gasteiger charge is 2.33. The summed E-state index contributed by atoms with van der Waals surface area (Å²) >= 11 is 0. The average molecular weight is 450 g/mol. The Labute approximate surface area is 196 Å². The number of likely N-dealkylation sites (N-methyl/N-ethyl adjacent to an activating group) is 1. The summed E-state index contributed by atoms with van der Waals surface area (Å²) in [6, 6.07) is 12.1. The third-order valence-electron chi connectivity index (χ3n) is 7.16. The van der Waals surface area contributed by atoms with Crippen molar-refractivity contribution in [3.8, 4) is 0 Å².